The van der Waals surface area contributed by atoms with Crippen molar-refractivity contribution in [2.24, 2.45) is 0 Å². The lowest BCUT2D eigenvalue weighted by Gasteiger charge is -2.28. The highest BCUT2D eigenvalue weighted by molar-refractivity contribution is 6.28. The van der Waals surface area contributed by atoms with Crippen molar-refractivity contribution in [3.63, 3.8) is 0 Å². The van der Waals surface area contributed by atoms with E-state index in [1.165, 1.54) is 0 Å². The lowest BCUT2D eigenvalue weighted by atomic mass is 9.84. The number of rotatable bonds is 4. The number of amides is 2. The highest BCUT2D eigenvalue weighted by Crippen LogP contribution is 2.29. The lowest BCUT2D eigenvalue weighted by Crippen LogP contribution is -2.43. The maximum atomic E-state index is 12.9. The molecule has 0 heterocycles. The van der Waals surface area contributed by atoms with Crippen LogP contribution < -0.4 is 10.6 Å². The van der Waals surface area contributed by atoms with Crippen molar-refractivity contribution in [1.29, 1.82) is 0 Å². The van der Waals surface area contributed by atoms with Crippen LogP contribution in [0.4, 0.5) is 10.5 Å². The van der Waals surface area contributed by atoms with Crippen molar-refractivity contribution in [1.82, 2.24) is 5.32 Å². The molecule has 2 amide bonds. The molecule has 5 nitrogen and oxygen atoms in total. The summed E-state index contributed by atoms with van der Waals surface area (Å²) in [5.41, 5.74) is 4.11. The Labute approximate surface area is 187 Å². The van der Waals surface area contributed by atoms with Gasteiger partial charge in [-0.2, -0.15) is 0 Å². The van der Waals surface area contributed by atoms with Crippen molar-refractivity contribution in [3.8, 4) is 0 Å². The van der Waals surface area contributed by atoms with Gasteiger partial charge < -0.3 is 10.6 Å². The van der Waals surface area contributed by atoms with Crippen LogP contribution >= 0.6 is 0 Å². The third kappa shape index (κ3) is 3.85. The second kappa shape index (κ2) is 7.93. The van der Waals surface area contributed by atoms with Crippen LogP contribution in [-0.2, 0) is 5.54 Å². The first-order valence-electron chi connectivity index (χ1n) is 10.4. The molecule has 0 aliphatic heterocycles. The molecule has 5 heteroatoms. The number of urea groups is 1. The Morgan fingerprint density at radius 2 is 1.44 bits per heavy atom. The molecule has 1 aliphatic carbocycles. The summed E-state index contributed by atoms with van der Waals surface area (Å²) in [6.07, 6.45) is 0. The van der Waals surface area contributed by atoms with Gasteiger partial charge in [-0.3, -0.25) is 9.59 Å². The van der Waals surface area contributed by atoms with Gasteiger partial charge in [0, 0.05) is 27.9 Å². The fraction of sp³-hybridized carbons (Fsp3) is 0.148. The first-order chi connectivity index (χ1) is 15.2. The van der Waals surface area contributed by atoms with Gasteiger partial charge in [-0.05, 0) is 56.2 Å². The van der Waals surface area contributed by atoms with E-state index in [4.69, 9.17) is 0 Å². The number of allylic oxidation sites excluding steroid dienone is 1. The molecule has 0 spiro atoms. The summed E-state index contributed by atoms with van der Waals surface area (Å²) in [6.45, 7) is 9.74. The number of ketones is 2. The SMILES string of the molecule is C=C(C)c1cccc(C(C)(C)NC(=O)Nc2ccc3c(c2)C(=O)c2ccccc2C3=O)c1. The van der Waals surface area contributed by atoms with E-state index in [9.17, 15) is 14.4 Å². The van der Waals surface area contributed by atoms with Crippen LogP contribution in [0.5, 0.6) is 0 Å². The predicted octanol–water partition coefficient (Wildman–Crippen LogP) is 5.55. The summed E-state index contributed by atoms with van der Waals surface area (Å²) in [4.78, 5) is 38.4. The number of carbonyl (C=O) groups is 3. The Morgan fingerprint density at radius 3 is 2.09 bits per heavy atom. The third-order valence-electron chi connectivity index (χ3n) is 5.69. The standard InChI is InChI=1S/C27H24N2O3/c1-16(2)17-8-7-9-18(14-17)27(3,4)29-26(32)28-19-12-13-22-23(15-19)25(31)21-11-6-5-10-20(21)24(22)30/h5-15H,1H2,2-4H3,(H2,28,29,32). The molecule has 0 saturated heterocycles. The van der Waals surface area contributed by atoms with Crippen LogP contribution in [0.15, 0.2) is 73.3 Å². The molecule has 32 heavy (non-hydrogen) atoms. The van der Waals surface area contributed by atoms with Crippen LogP contribution in [-0.4, -0.2) is 17.6 Å². The Bertz CT molecular complexity index is 1290. The molecule has 0 unspecified atom stereocenters. The number of hydrogen-bond acceptors (Lipinski definition) is 3. The van der Waals surface area contributed by atoms with Crippen molar-refractivity contribution in [2.45, 2.75) is 26.3 Å². The molecule has 0 saturated carbocycles. The topological polar surface area (TPSA) is 75.3 Å². The fourth-order valence-electron chi connectivity index (χ4n) is 3.87. The highest BCUT2D eigenvalue weighted by Gasteiger charge is 2.30. The molecular weight excluding hydrogens is 400 g/mol. The predicted molar refractivity (Wildman–Crippen MR) is 126 cm³/mol. The van der Waals surface area contributed by atoms with E-state index in [1.54, 1.807) is 42.5 Å². The number of nitrogens with one attached hydrogen (secondary N) is 2. The number of hydrogen-bond donors (Lipinski definition) is 2. The van der Waals surface area contributed by atoms with E-state index in [-0.39, 0.29) is 11.6 Å². The average molecular weight is 425 g/mol. The van der Waals surface area contributed by atoms with Gasteiger partial charge >= 0.3 is 6.03 Å². The second-order valence-corrected chi connectivity index (χ2v) is 8.53. The van der Waals surface area contributed by atoms with Gasteiger partial charge in [0.2, 0.25) is 0 Å². The summed E-state index contributed by atoms with van der Waals surface area (Å²) in [7, 11) is 0. The summed E-state index contributed by atoms with van der Waals surface area (Å²) in [6, 6.07) is 19.0. The van der Waals surface area contributed by atoms with Gasteiger partial charge in [0.05, 0.1) is 5.54 Å². The van der Waals surface area contributed by atoms with E-state index < -0.39 is 11.6 Å². The number of benzene rings is 3. The van der Waals surface area contributed by atoms with E-state index in [2.05, 4.69) is 17.2 Å². The van der Waals surface area contributed by atoms with Crippen LogP contribution in [0, 0.1) is 0 Å². The van der Waals surface area contributed by atoms with Crippen molar-refractivity contribution in [3.05, 3.63) is 107 Å². The van der Waals surface area contributed by atoms with Crippen molar-refractivity contribution < 1.29 is 14.4 Å². The van der Waals surface area contributed by atoms with E-state index >= 15 is 0 Å². The molecular formula is C27H24N2O3. The zero-order valence-electron chi connectivity index (χ0n) is 18.3. The highest BCUT2D eigenvalue weighted by atomic mass is 16.2. The summed E-state index contributed by atoms with van der Waals surface area (Å²) < 4.78 is 0. The number of fused-ring (bicyclic) bond motifs is 2. The minimum Gasteiger partial charge on any atom is -0.329 e. The number of carbonyl (C=O) groups excluding carboxylic acids is 3. The molecule has 160 valence electrons. The third-order valence-corrected chi connectivity index (χ3v) is 5.69. The van der Waals surface area contributed by atoms with Crippen LogP contribution in [0.3, 0.4) is 0 Å². The van der Waals surface area contributed by atoms with Crippen LogP contribution in [0.1, 0.15) is 63.7 Å². The molecule has 4 rings (SSSR count). The molecule has 0 bridgehead atoms. The zero-order valence-corrected chi connectivity index (χ0v) is 18.3. The van der Waals surface area contributed by atoms with E-state index in [0.717, 1.165) is 16.7 Å². The molecule has 1 aliphatic rings. The maximum Gasteiger partial charge on any atom is 0.319 e. The van der Waals surface area contributed by atoms with Gasteiger partial charge in [0.15, 0.2) is 11.6 Å². The molecule has 0 aromatic heterocycles. The summed E-state index contributed by atoms with van der Waals surface area (Å²) >= 11 is 0. The average Bonchev–Trinajstić information content (AvgIpc) is 2.77. The maximum absolute atomic E-state index is 12.9. The Morgan fingerprint density at radius 1 is 0.812 bits per heavy atom. The van der Waals surface area contributed by atoms with Gasteiger partial charge in [0.25, 0.3) is 0 Å². The minimum absolute atomic E-state index is 0.190. The Hall–Kier alpha value is -3.99. The zero-order chi connectivity index (χ0) is 23.0. The second-order valence-electron chi connectivity index (χ2n) is 8.53. The first kappa shape index (κ1) is 21.2. The number of anilines is 1. The quantitative estimate of drug-likeness (QED) is 0.451. The first-order valence-corrected chi connectivity index (χ1v) is 10.4. The Kier molecular flexibility index (Phi) is 5.26. The monoisotopic (exact) mass is 424 g/mol. The van der Waals surface area contributed by atoms with Gasteiger partial charge in [-0.1, -0.05) is 54.6 Å². The van der Waals surface area contributed by atoms with E-state index in [0.29, 0.717) is 27.9 Å². The molecule has 3 aromatic carbocycles. The van der Waals surface area contributed by atoms with Gasteiger partial charge in [-0.25, -0.2) is 4.79 Å². The Balaban J connectivity index is 1.55. The molecule has 2 N–H and O–H groups in total. The molecule has 0 fully saturated rings. The summed E-state index contributed by atoms with van der Waals surface area (Å²) in [5.74, 6) is -0.416. The molecule has 0 atom stereocenters. The largest absolute Gasteiger partial charge is 0.329 e. The van der Waals surface area contributed by atoms with Crippen molar-refractivity contribution in [2.75, 3.05) is 5.32 Å². The summed E-state index contributed by atoms with van der Waals surface area (Å²) in [5, 5.41) is 5.75. The van der Waals surface area contributed by atoms with Gasteiger partial charge in [-0.15, -0.1) is 0 Å². The van der Waals surface area contributed by atoms with Crippen LogP contribution in [0.25, 0.3) is 5.57 Å². The van der Waals surface area contributed by atoms with E-state index in [1.807, 2.05) is 45.0 Å². The molecule has 3 aromatic rings. The minimum atomic E-state index is -0.644. The van der Waals surface area contributed by atoms with Crippen LogP contribution in [0.2, 0.25) is 0 Å². The van der Waals surface area contributed by atoms with Crippen molar-refractivity contribution >= 4 is 28.9 Å². The smallest absolute Gasteiger partial charge is 0.319 e. The normalized spacial score (nSPS) is 12.6. The van der Waals surface area contributed by atoms with Gasteiger partial charge in [0.1, 0.15) is 0 Å². The fourth-order valence-corrected chi connectivity index (χ4v) is 3.87. The molecule has 0 radical (unpaired) electrons. The lowest BCUT2D eigenvalue weighted by molar-refractivity contribution is 0.0979.